The van der Waals surface area contributed by atoms with Crippen LogP contribution in [-0.2, 0) is 11.3 Å². The Balaban J connectivity index is 2.44. The molecule has 4 heteroatoms. The zero-order valence-corrected chi connectivity index (χ0v) is 11.2. The molecule has 0 radical (unpaired) electrons. The smallest absolute Gasteiger partial charge is 0.156 e. The second kappa shape index (κ2) is 7.35. The van der Waals surface area contributed by atoms with Crippen molar-refractivity contribution in [3.8, 4) is 0 Å². The molecule has 1 aromatic rings. The number of hydrogen-bond donors (Lipinski definition) is 1. The molecule has 1 atom stereocenters. The van der Waals surface area contributed by atoms with E-state index in [0.29, 0.717) is 12.5 Å². The summed E-state index contributed by atoms with van der Waals surface area (Å²) in [5.74, 6) is 1.41. The summed E-state index contributed by atoms with van der Waals surface area (Å²) in [7, 11) is 0. The predicted octanol–water partition coefficient (Wildman–Crippen LogP) is 2.32. The van der Waals surface area contributed by atoms with Gasteiger partial charge in [-0.05, 0) is 26.3 Å². The summed E-state index contributed by atoms with van der Waals surface area (Å²) in [6.07, 6.45) is 3.70. The molecule has 1 heterocycles. The Labute approximate surface area is 104 Å². The molecule has 1 aromatic heterocycles. The predicted molar refractivity (Wildman–Crippen MR) is 68.6 cm³/mol. The van der Waals surface area contributed by atoms with E-state index in [1.165, 1.54) is 0 Å². The van der Waals surface area contributed by atoms with Gasteiger partial charge in [0.2, 0.25) is 0 Å². The van der Waals surface area contributed by atoms with Crippen molar-refractivity contribution in [1.29, 1.82) is 0 Å². The van der Waals surface area contributed by atoms with E-state index in [2.05, 4.69) is 29.1 Å². The van der Waals surface area contributed by atoms with Crippen LogP contribution in [-0.4, -0.2) is 23.1 Å². The average molecular weight is 237 g/mol. The van der Waals surface area contributed by atoms with Crippen LogP contribution in [0.5, 0.6) is 0 Å². The van der Waals surface area contributed by atoms with Crippen LogP contribution in [0.1, 0.15) is 45.2 Å². The van der Waals surface area contributed by atoms with Gasteiger partial charge in [0.15, 0.2) is 5.82 Å². The zero-order chi connectivity index (χ0) is 12.7. The zero-order valence-electron chi connectivity index (χ0n) is 11.2. The Bertz CT molecular complexity index is 311. The first-order valence-corrected chi connectivity index (χ1v) is 6.26. The van der Waals surface area contributed by atoms with Crippen LogP contribution < -0.4 is 5.32 Å². The van der Waals surface area contributed by atoms with Crippen molar-refractivity contribution in [3.05, 3.63) is 23.8 Å². The number of ether oxygens (including phenoxy) is 1. The van der Waals surface area contributed by atoms with Crippen molar-refractivity contribution in [2.75, 3.05) is 13.2 Å². The summed E-state index contributed by atoms with van der Waals surface area (Å²) in [6, 6.07) is 0. The molecule has 0 bridgehead atoms. The summed E-state index contributed by atoms with van der Waals surface area (Å²) >= 11 is 0. The molecule has 1 N–H and O–H groups in total. The molecule has 0 aromatic carbocycles. The van der Waals surface area contributed by atoms with Crippen LogP contribution in [0.4, 0.5) is 0 Å². The van der Waals surface area contributed by atoms with Gasteiger partial charge in [-0.2, -0.15) is 0 Å². The molecule has 0 fully saturated rings. The third-order valence-electron chi connectivity index (χ3n) is 2.39. The third-order valence-corrected chi connectivity index (χ3v) is 2.39. The first-order chi connectivity index (χ1) is 8.13. The van der Waals surface area contributed by atoms with E-state index in [1.807, 2.05) is 26.2 Å². The SMILES string of the molecule is CCOC(C)c1ncc(CNCC(C)C)cn1. The lowest BCUT2D eigenvalue weighted by Gasteiger charge is -2.11. The lowest BCUT2D eigenvalue weighted by Crippen LogP contribution is -2.19. The quantitative estimate of drug-likeness (QED) is 0.790. The second-order valence-electron chi connectivity index (χ2n) is 4.57. The molecule has 4 nitrogen and oxygen atoms in total. The highest BCUT2D eigenvalue weighted by Gasteiger charge is 2.07. The molecule has 1 rings (SSSR count). The van der Waals surface area contributed by atoms with Gasteiger partial charge in [0.25, 0.3) is 0 Å². The van der Waals surface area contributed by atoms with E-state index < -0.39 is 0 Å². The first kappa shape index (κ1) is 14.1. The van der Waals surface area contributed by atoms with Gasteiger partial charge in [-0.3, -0.25) is 0 Å². The average Bonchev–Trinajstić information content (AvgIpc) is 2.30. The van der Waals surface area contributed by atoms with Crippen molar-refractivity contribution >= 4 is 0 Å². The van der Waals surface area contributed by atoms with E-state index in [0.717, 1.165) is 24.5 Å². The molecule has 0 saturated heterocycles. The van der Waals surface area contributed by atoms with Gasteiger partial charge >= 0.3 is 0 Å². The summed E-state index contributed by atoms with van der Waals surface area (Å²) < 4.78 is 5.44. The Morgan fingerprint density at radius 1 is 1.24 bits per heavy atom. The van der Waals surface area contributed by atoms with Crippen LogP contribution >= 0.6 is 0 Å². The van der Waals surface area contributed by atoms with Crippen molar-refractivity contribution in [2.24, 2.45) is 5.92 Å². The highest BCUT2D eigenvalue weighted by molar-refractivity contribution is 5.05. The minimum absolute atomic E-state index is 0.0299. The van der Waals surface area contributed by atoms with Crippen LogP contribution in [0.2, 0.25) is 0 Å². The fourth-order valence-electron chi connectivity index (χ4n) is 1.50. The summed E-state index contributed by atoms with van der Waals surface area (Å²) in [4.78, 5) is 8.64. The highest BCUT2D eigenvalue weighted by atomic mass is 16.5. The number of nitrogens with zero attached hydrogens (tertiary/aromatic N) is 2. The third kappa shape index (κ3) is 5.24. The van der Waals surface area contributed by atoms with Crippen molar-refractivity contribution in [3.63, 3.8) is 0 Å². The molecule has 96 valence electrons. The maximum Gasteiger partial charge on any atom is 0.156 e. The van der Waals surface area contributed by atoms with Crippen molar-refractivity contribution in [1.82, 2.24) is 15.3 Å². The van der Waals surface area contributed by atoms with E-state index in [9.17, 15) is 0 Å². The van der Waals surface area contributed by atoms with Gasteiger partial charge in [0.05, 0.1) is 0 Å². The van der Waals surface area contributed by atoms with Crippen LogP contribution in [0.3, 0.4) is 0 Å². The maximum absolute atomic E-state index is 5.44. The second-order valence-corrected chi connectivity index (χ2v) is 4.57. The largest absolute Gasteiger partial charge is 0.371 e. The molecule has 0 saturated carbocycles. The summed E-state index contributed by atoms with van der Waals surface area (Å²) in [6.45, 7) is 10.8. The molecule has 17 heavy (non-hydrogen) atoms. The minimum Gasteiger partial charge on any atom is -0.371 e. The summed E-state index contributed by atoms with van der Waals surface area (Å²) in [5, 5.41) is 3.36. The molecular formula is C13H23N3O. The van der Waals surface area contributed by atoms with Gasteiger partial charge in [-0.1, -0.05) is 13.8 Å². The van der Waals surface area contributed by atoms with Gasteiger partial charge in [0.1, 0.15) is 6.10 Å². The topological polar surface area (TPSA) is 47.0 Å². The normalized spacial score (nSPS) is 13.0. The number of hydrogen-bond acceptors (Lipinski definition) is 4. The van der Waals surface area contributed by atoms with Crippen molar-refractivity contribution in [2.45, 2.75) is 40.3 Å². The lowest BCUT2D eigenvalue weighted by atomic mass is 10.2. The van der Waals surface area contributed by atoms with Gasteiger partial charge in [-0.15, -0.1) is 0 Å². The first-order valence-electron chi connectivity index (χ1n) is 6.26. The van der Waals surface area contributed by atoms with Crippen LogP contribution in [0, 0.1) is 5.92 Å². The van der Waals surface area contributed by atoms with Crippen LogP contribution in [0.25, 0.3) is 0 Å². The molecule has 0 amide bonds. The Morgan fingerprint density at radius 3 is 2.41 bits per heavy atom. The van der Waals surface area contributed by atoms with E-state index >= 15 is 0 Å². The number of nitrogens with one attached hydrogen (secondary N) is 1. The van der Waals surface area contributed by atoms with E-state index in [4.69, 9.17) is 4.74 Å². The standard InChI is InChI=1S/C13H23N3O/c1-5-17-11(4)13-15-8-12(9-16-13)7-14-6-10(2)3/h8-11,14H,5-7H2,1-4H3. The Kier molecular flexibility index (Phi) is 6.08. The monoisotopic (exact) mass is 237 g/mol. The van der Waals surface area contributed by atoms with E-state index in [-0.39, 0.29) is 6.10 Å². The fraction of sp³-hybridized carbons (Fsp3) is 0.692. The minimum atomic E-state index is -0.0299. The number of aromatic nitrogens is 2. The lowest BCUT2D eigenvalue weighted by molar-refractivity contribution is 0.0700. The summed E-state index contributed by atoms with van der Waals surface area (Å²) in [5.41, 5.74) is 1.11. The van der Waals surface area contributed by atoms with Gasteiger partial charge < -0.3 is 10.1 Å². The molecular weight excluding hydrogens is 214 g/mol. The van der Waals surface area contributed by atoms with Crippen LogP contribution in [0.15, 0.2) is 12.4 Å². The molecule has 1 unspecified atom stereocenters. The molecule has 0 spiro atoms. The molecule has 0 aliphatic carbocycles. The number of rotatable bonds is 7. The fourth-order valence-corrected chi connectivity index (χ4v) is 1.50. The molecule has 0 aliphatic rings. The van der Waals surface area contributed by atoms with E-state index in [1.54, 1.807) is 0 Å². The highest BCUT2D eigenvalue weighted by Crippen LogP contribution is 2.10. The van der Waals surface area contributed by atoms with Crippen molar-refractivity contribution < 1.29 is 4.74 Å². The molecule has 0 aliphatic heterocycles. The maximum atomic E-state index is 5.44. The Morgan fingerprint density at radius 2 is 1.88 bits per heavy atom. The Hall–Kier alpha value is -1.00. The van der Waals surface area contributed by atoms with Gasteiger partial charge in [-0.25, -0.2) is 9.97 Å². The van der Waals surface area contributed by atoms with Gasteiger partial charge in [0, 0.05) is 31.1 Å².